The van der Waals surface area contributed by atoms with Gasteiger partial charge in [-0.05, 0) is 30.6 Å². The van der Waals surface area contributed by atoms with Gasteiger partial charge in [0.15, 0.2) is 0 Å². The molecule has 1 aliphatic carbocycles. The van der Waals surface area contributed by atoms with Gasteiger partial charge in [0.25, 0.3) is 0 Å². The zero-order valence-electron chi connectivity index (χ0n) is 10.0. The van der Waals surface area contributed by atoms with E-state index in [9.17, 15) is 5.11 Å². The highest BCUT2D eigenvalue weighted by Crippen LogP contribution is 2.39. The summed E-state index contributed by atoms with van der Waals surface area (Å²) in [5.41, 5.74) is -0.260. The molecule has 0 saturated carbocycles. The number of aliphatic hydroxyl groups is 1. The molecule has 0 saturated heterocycles. The van der Waals surface area contributed by atoms with E-state index in [0.717, 1.165) is 25.7 Å². The predicted molar refractivity (Wildman–Crippen MR) is 61.2 cm³/mol. The van der Waals surface area contributed by atoms with Crippen LogP contribution < -0.4 is 0 Å². The molecule has 0 spiro atoms. The van der Waals surface area contributed by atoms with Gasteiger partial charge in [-0.15, -0.1) is 0 Å². The van der Waals surface area contributed by atoms with Gasteiger partial charge in [0.1, 0.15) is 0 Å². The topological polar surface area (TPSA) is 20.2 Å². The van der Waals surface area contributed by atoms with E-state index >= 15 is 0 Å². The molecule has 1 aliphatic rings. The van der Waals surface area contributed by atoms with Crippen LogP contribution in [0.3, 0.4) is 0 Å². The highest BCUT2D eigenvalue weighted by molar-refractivity contribution is 5.12. The largest absolute Gasteiger partial charge is 0.386 e. The van der Waals surface area contributed by atoms with Crippen molar-refractivity contribution in [1.82, 2.24) is 0 Å². The van der Waals surface area contributed by atoms with Crippen LogP contribution in [0.25, 0.3) is 0 Å². The van der Waals surface area contributed by atoms with Gasteiger partial charge in [-0.3, -0.25) is 0 Å². The highest BCUT2D eigenvalue weighted by Gasteiger charge is 2.35. The van der Waals surface area contributed by atoms with Gasteiger partial charge in [0, 0.05) is 0 Å². The summed E-state index contributed by atoms with van der Waals surface area (Å²) < 4.78 is 0. The molecule has 0 aromatic heterocycles. The smallest absolute Gasteiger partial charge is 0.0853 e. The van der Waals surface area contributed by atoms with Gasteiger partial charge in [-0.2, -0.15) is 0 Å². The number of allylic oxidation sites excluding steroid dienone is 1. The third-order valence-corrected chi connectivity index (χ3v) is 3.57. The Morgan fingerprint density at radius 3 is 2.36 bits per heavy atom. The Morgan fingerprint density at radius 2 is 1.93 bits per heavy atom. The minimum atomic E-state index is -0.536. The number of hydrogen-bond donors (Lipinski definition) is 1. The quantitative estimate of drug-likeness (QED) is 0.685. The molecule has 82 valence electrons. The Balaban J connectivity index is 2.69. The maximum atomic E-state index is 10.4. The van der Waals surface area contributed by atoms with Crippen molar-refractivity contribution in [3.8, 4) is 0 Å². The first kappa shape index (κ1) is 11.8. The van der Waals surface area contributed by atoms with Crippen LogP contribution in [0.2, 0.25) is 0 Å². The fourth-order valence-electron chi connectivity index (χ4n) is 2.15. The van der Waals surface area contributed by atoms with Crippen LogP contribution in [0, 0.1) is 11.3 Å². The standard InChI is InChI=1S/C13H24O/c1-5-6-11(2)13(14)9-7-12(3,4)8-10-13/h7,9,11,14H,5-6,8,10H2,1-4H3. The lowest BCUT2D eigenvalue weighted by Gasteiger charge is -2.38. The second kappa shape index (κ2) is 4.06. The molecule has 0 aliphatic heterocycles. The zero-order chi connectivity index (χ0) is 10.8. The summed E-state index contributed by atoms with van der Waals surface area (Å²) in [6.07, 6.45) is 8.49. The first-order chi connectivity index (χ1) is 6.40. The molecule has 1 nitrogen and oxygen atoms in total. The average molecular weight is 196 g/mol. The van der Waals surface area contributed by atoms with E-state index in [1.807, 2.05) is 6.08 Å². The van der Waals surface area contributed by atoms with E-state index in [1.165, 1.54) is 0 Å². The van der Waals surface area contributed by atoms with Crippen LogP contribution in [-0.2, 0) is 0 Å². The van der Waals surface area contributed by atoms with Crippen LogP contribution >= 0.6 is 0 Å². The molecule has 1 heteroatoms. The molecule has 0 radical (unpaired) electrons. The van der Waals surface area contributed by atoms with E-state index in [4.69, 9.17) is 0 Å². The summed E-state index contributed by atoms with van der Waals surface area (Å²) in [7, 11) is 0. The average Bonchev–Trinajstić information content (AvgIpc) is 2.11. The Morgan fingerprint density at radius 1 is 1.29 bits per heavy atom. The van der Waals surface area contributed by atoms with Crippen molar-refractivity contribution in [2.45, 2.75) is 59.0 Å². The van der Waals surface area contributed by atoms with Gasteiger partial charge in [0.05, 0.1) is 5.60 Å². The molecule has 0 aromatic carbocycles. The summed E-state index contributed by atoms with van der Waals surface area (Å²) in [6.45, 7) is 8.80. The van der Waals surface area contributed by atoms with Crippen molar-refractivity contribution in [2.75, 3.05) is 0 Å². The van der Waals surface area contributed by atoms with Crippen molar-refractivity contribution in [3.63, 3.8) is 0 Å². The van der Waals surface area contributed by atoms with Crippen LogP contribution in [-0.4, -0.2) is 10.7 Å². The predicted octanol–water partition coefficient (Wildman–Crippen LogP) is 3.53. The minimum Gasteiger partial charge on any atom is -0.386 e. The molecule has 0 bridgehead atoms. The molecule has 0 heterocycles. The minimum absolute atomic E-state index is 0.276. The Kier molecular flexibility index (Phi) is 3.41. The van der Waals surface area contributed by atoms with Crippen LogP contribution in [0.5, 0.6) is 0 Å². The molecule has 2 unspecified atom stereocenters. The summed E-state index contributed by atoms with van der Waals surface area (Å²) in [4.78, 5) is 0. The highest BCUT2D eigenvalue weighted by atomic mass is 16.3. The molecule has 1 N–H and O–H groups in total. The molecular weight excluding hydrogens is 172 g/mol. The lowest BCUT2D eigenvalue weighted by molar-refractivity contribution is 0.00739. The third kappa shape index (κ3) is 2.60. The molecular formula is C13H24O. The lowest BCUT2D eigenvalue weighted by Crippen LogP contribution is -2.38. The summed E-state index contributed by atoms with van der Waals surface area (Å²) in [5, 5.41) is 10.4. The Bertz CT molecular complexity index is 217. The van der Waals surface area contributed by atoms with E-state index in [-0.39, 0.29) is 5.41 Å². The number of rotatable bonds is 3. The molecule has 14 heavy (non-hydrogen) atoms. The lowest BCUT2D eigenvalue weighted by atomic mass is 9.71. The van der Waals surface area contributed by atoms with Crippen LogP contribution in [0.15, 0.2) is 12.2 Å². The Hall–Kier alpha value is -0.300. The van der Waals surface area contributed by atoms with Gasteiger partial charge < -0.3 is 5.11 Å². The van der Waals surface area contributed by atoms with E-state index in [1.54, 1.807) is 0 Å². The second-order valence-corrected chi connectivity index (χ2v) is 5.50. The van der Waals surface area contributed by atoms with Gasteiger partial charge in [-0.1, -0.05) is 46.3 Å². The van der Waals surface area contributed by atoms with Gasteiger partial charge >= 0.3 is 0 Å². The fraction of sp³-hybridized carbons (Fsp3) is 0.846. The van der Waals surface area contributed by atoms with Crippen LogP contribution in [0.1, 0.15) is 53.4 Å². The SMILES string of the molecule is CCCC(C)C1(O)C=CC(C)(C)CC1. The summed E-state index contributed by atoms with van der Waals surface area (Å²) in [6, 6.07) is 0. The molecule has 0 fully saturated rings. The van der Waals surface area contributed by atoms with Crippen molar-refractivity contribution in [2.24, 2.45) is 11.3 Å². The zero-order valence-corrected chi connectivity index (χ0v) is 10.0. The monoisotopic (exact) mass is 196 g/mol. The van der Waals surface area contributed by atoms with E-state index in [0.29, 0.717) is 5.92 Å². The van der Waals surface area contributed by atoms with E-state index in [2.05, 4.69) is 33.8 Å². The van der Waals surface area contributed by atoms with Crippen LogP contribution in [0.4, 0.5) is 0 Å². The second-order valence-electron chi connectivity index (χ2n) is 5.50. The summed E-state index contributed by atoms with van der Waals surface area (Å²) in [5.74, 6) is 0.389. The normalized spacial score (nSPS) is 32.9. The van der Waals surface area contributed by atoms with E-state index < -0.39 is 5.60 Å². The van der Waals surface area contributed by atoms with Crippen molar-refractivity contribution < 1.29 is 5.11 Å². The fourth-order valence-corrected chi connectivity index (χ4v) is 2.15. The molecule has 2 atom stereocenters. The maximum Gasteiger partial charge on any atom is 0.0853 e. The molecule has 0 aromatic rings. The number of hydrogen-bond acceptors (Lipinski definition) is 1. The first-order valence-corrected chi connectivity index (χ1v) is 5.82. The van der Waals surface area contributed by atoms with Crippen molar-refractivity contribution >= 4 is 0 Å². The first-order valence-electron chi connectivity index (χ1n) is 5.82. The third-order valence-electron chi connectivity index (χ3n) is 3.57. The van der Waals surface area contributed by atoms with Gasteiger partial charge in [-0.25, -0.2) is 0 Å². The molecule has 0 amide bonds. The Labute approximate surface area is 88.2 Å². The summed E-state index contributed by atoms with van der Waals surface area (Å²) >= 11 is 0. The molecule has 1 rings (SSSR count). The van der Waals surface area contributed by atoms with Crippen molar-refractivity contribution in [3.05, 3.63) is 12.2 Å². The van der Waals surface area contributed by atoms with Crippen molar-refractivity contribution in [1.29, 1.82) is 0 Å². The maximum absolute atomic E-state index is 10.4. The van der Waals surface area contributed by atoms with Gasteiger partial charge in [0.2, 0.25) is 0 Å².